The minimum atomic E-state index is -0.177. The van der Waals surface area contributed by atoms with E-state index in [1.54, 1.807) is 0 Å². The smallest absolute Gasteiger partial charge is 0.262 e. The average Bonchev–Trinajstić information content (AvgIpc) is 2.49. The van der Waals surface area contributed by atoms with E-state index in [0.717, 1.165) is 15.7 Å². The summed E-state index contributed by atoms with van der Waals surface area (Å²) in [6, 6.07) is 13.5. The Morgan fingerprint density at radius 1 is 1.18 bits per heavy atom. The zero-order chi connectivity index (χ0) is 16.1. The van der Waals surface area contributed by atoms with Crippen LogP contribution < -0.4 is 10.1 Å². The van der Waals surface area contributed by atoms with Crippen molar-refractivity contribution in [1.29, 1.82) is 0 Å². The number of benzene rings is 2. The standard InChI is InChI=1S/C18H20BrNO2/c1-12(2)14-5-8-16(9-6-14)22-11-18(21)20-15-7-4-13(3)17(19)10-15/h4-10,12H,11H2,1-3H3,(H,20,21). The second-order valence-corrected chi connectivity index (χ2v) is 6.38. The number of carbonyl (C=O) groups excluding carboxylic acids is 1. The number of rotatable bonds is 5. The highest BCUT2D eigenvalue weighted by Gasteiger charge is 2.06. The first kappa shape index (κ1) is 16.6. The number of anilines is 1. The molecule has 2 rings (SSSR count). The van der Waals surface area contributed by atoms with Crippen LogP contribution in [0.3, 0.4) is 0 Å². The Morgan fingerprint density at radius 2 is 1.86 bits per heavy atom. The second-order valence-electron chi connectivity index (χ2n) is 5.52. The molecule has 1 N–H and O–H groups in total. The number of halogens is 1. The molecule has 22 heavy (non-hydrogen) atoms. The molecule has 0 aliphatic heterocycles. The molecular weight excluding hydrogens is 342 g/mol. The summed E-state index contributed by atoms with van der Waals surface area (Å²) in [4.78, 5) is 11.9. The summed E-state index contributed by atoms with van der Waals surface area (Å²) in [6.07, 6.45) is 0. The summed E-state index contributed by atoms with van der Waals surface area (Å²) in [5.41, 5.74) is 3.13. The minimum Gasteiger partial charge on any atom is -0.484 e. The highest BCUT2D eigenvalue weighted by molar-refractivity contribution is 9.10. The van der Waals surface area contributed by atoms with Gasteiger partial charge in [-0.15, -0.1) is 0 Å². The molecule has 0 radical (unpaired) electrons. The highest BCUT2D eigenvalue weighted by atomic mass is 79.9. The van der Waals surface area contributed by atoms with Crippen molar-refractivity contribution in [3.8, 4) is 5.75 Å². The van der Waals surface area contributed by atoms with Crippen molar-refractivity contribution in [2.24, 2.45) is 0 Å². The number of carbonyl (C=O) groups is 1. The van der Waals surface area contributed by atoms with Crippen molar-refractivity contribution in [3.05, 3.63) is 58.1 Å². The molecule has 2 aromatic rings. The molecule has 0 aliphatic carbocycles. The zero-order valence-electron chi connectivity index (χ0n) is 13.0. The summed E-state index contributed by atoms with van der Waals surface area (Å²) < 4.78 is 6.47. The number of hydrogen-bond donors (Lipinski definition) is 1. The van der Waals surface area contributed by atoms with Gasteiger partial charge in [0, 0.05) is 10.2 Å². The van der Waals surface area contributed by atoms with Crippen molar-refractivity contribution in [3.63, 3.8) is 0 Å². The molecule has 0 spiro atoms. The topological polar surface area (TPSA) is 38.3 Å². The van der Waals surface area contributed by atoms with Gasteiger partial charge in [-0.1, -0.05) is 48.0 Å². The van der Waals surface area contributed by atoms with Crippen LogP contribution in [0.4, 0.5) is 5.69 Å². The molecule has 0 heterocycles. The van der Waals surface area contributed by atoms with Crippen LogP contribution in [0.2, 0.25) is 0 Å². The van der Waals surface area contributed by atoms with E-state index >= 15 is 0 Å². The maximum Gasteiger partial charge on any atom is 0.262 e. The molecule has 4 heteroatoms. The molecule has 1 amide bonds. The molecule has 2 aromatic carbocycles. The van der Waals surface area contributed by atoms with E-state index in [4.69, 9.17) is 4.74 Å². The van der Waals surface area contributed by atoms with Crippen molar-refractivity contribution >= 4 is 27.5 Å². The normalized spacial score (nSPS) is 10.6. The fourth-order valence-electron chi connectivity index (χ4n) is 1.97. The summed E-state index contributed by atoms with van der Waals surface area (Å²) in [6.45, 7) is 6.28. The first-order valence-electron chi connectivity index (χ1n) is 7.24. The molecule has 0 aliphatic rings. The Morgan fingerprint density at radius 3 is 2.45 bits per heavy atom. The Bertz CT molecular complexity index is 651. The van der Waals surface area contributed by atoms with Crippen LogP contribution in [0.5, 0.6) is 5.75 Å². The Labute approximate surface area is 139 Å². The van der Waals surface area contributed by atoms with Crippen LogP contribution in [0.25, 0.3) is 0 Å². The van der Waals surface area contributed by atoms with Crippen LogP contribution in [-0.2, 0) is 4.79 Å². The van der Waals surface area contributed by atoms with E-state index < -0.39 is 0 Å². The molecule has 0 saturated carbocycles. The zero-order valence-corrected chi connectivity index (χ0v) is 14.6. The summed E-state index contributed by atoms with van der Waals surface area (Å²) in [5.74, 6) is 1.01. The Balaban J connectivity index is 1.88. The molecule has 0 fully saturated rings. The van der Waals surface area contributed by atoms with E-state index in [1.807, 2.05) is 49.4 Å². The van der Waals surface area contributed by atoms with Crippen LogP contribution >= 0.6 is 15.9 Å². The molecule has 0 atom stereocenters. The van der Waals surface area contributed by atoms with Crippen LogP contribution in [-0.4, -0.2) is 12.5 Å². The van der Waals surface area contributed by atoms with Crippen molar-refractivity contribution in [2.75, 3.05) is 11.9 Å². The molecular formula is C18H20BrNO2. The van der Waals surface area contributed by atoms with Gasteiger partial charge < -0.3 is 10.1 Å². The molecule has 0 saturated heterocycles. The van der Waals surface area contributed by atoms with Gasteiger partial charge >= 0.3 is 0 Å². The van der Waals surface area contributed by atoms with Gasteiger partial charge in [0.15, 0.2) is 6.61 Å². The minimum absolute atomic E-state index is 0.00742. The van der Waals surface area contributed by atoms with Gasteiger partial charge in [0.05, 0.1) is 0 Å². The van der Waals surface area contributed by atoms with Gasteiger partial charge in [0.1, 0.15) is 5.75 Å². The lowest BCUT2D eigenvalue weighted by Gasteiger charge is -2.10. The SMILES string of the molecule is Cc1ccc(NC(=O)COc2ccc(C(C)C)cc2)cc1Br. The van der Waals surface area contributed by atoms with E-state index in [9.17, 15) is 4.79 Å². The van der Waals surface area contributed by atoms with Crippen molar-refractivity contribution < 1.29 is 9.53 Å². The van der Waals surface area contributed by atoms with Gasteiger partial charge in [-0.3, -0.25) is 4.79 Å². The predicted octanol–water partition coefficient (Wildman–Crippen LogP) is 4.90. The summed E-state index contributed by atoms with van der Waals surface area (Å²) in [5, 5.41) is 2.82. The Kier molecular flexibility index (Phi) is 5.61. The largest absolute Gasteiger partial charge is 0.484 e. The molecule has 116 valence electrons. The van der Waals surface area contributed by atoms with E-state index in [0.29, 0.717) is 11.7 Å². The predicted molar refractivity (Wildman–Crippen MR) is 93.5 cm³/mol. The fraction of sp³-hybridized carbons (Fsp3) is 0.278. The van der Waals surface area contributed by atoms with Gasteiger partial charge in [0.2, 0.25) is 0 Å². The monoisotopic (exact) mass is 361 g/mol. The molecule has 3 nitrogen and oxygen atoms in total. The third-order valence-electron chi connectivity index (χ3n) is 3.37. The molecule has 0 unspecified atom stereocenters. The number of hydrogen-bond acceptors (Lipinski definition) is 2. The third kappa shape index (κ3) is 4.60. The van der Waals surface area contributed by atoms with Gasteiger partial charge in [-0.05, 0) is 48.2 Å². The summed E-state index contributed by atoms with van der Waals surface area (Å²) >= 11 is 3.45. The lowest BCUT2D eigenvalue weighted by molar-refractivity contribution is -0.118. The molecule has 0 aromatic heterocycles. The van der Waals surface area contributed by atoms with E-state index in [1.165, 1.54) is 5.56 Å². The first-order valence-corrected chi connectivity index (χ1v) is 8.04. The number of amides is 1. The fourth-order valence-corrected chi connectivity index (χ4v) is 2.34. The van der Waals surface area contributed by atoms with E-state index in [2.05, 4.69) is 35.1 Å². The number of aryl methyl sites for hydroxylation is 1. The van der Waals surface area contributed by atoms with Gasteiger partial charge in [0.25, 0.3) is 5.91 Å². The van der Waals surface area contributed by atoms with Crippen molar-refractivity contribution in [1.82, 2.24) is 0 Å². The summed E-state index contributed by atoms with van der Waals surface area (Å²) in [7, 11) is 0. The first-order chi connectivity index (χ1) is 10.5. The average molecular weight is 362 g/mol. The quantitative estimate of drug-likeness (QED) is 0.822. The van der Waals surface area contributed by atoms with Crippen molar-refractivity contribution in [2.45, 2.75) is 26.7 Å². The van der Waals surface area contributed by atoms with Gasteiger partial charge in [-0.2, -0.15) is 0 Å². The van der Waals surface area contributed by atoms with E-state index in [-0.39, 0.29) is 12.5 Å². The second kappa shape index (κ2) is 7.45. The maximum atomic E-state index is 11.9. The van der Waals surface area contributed by atoms with Crippen LogP contribution in [0.1, 0.15) is 30.9 Å². The van der Waals surface area contributed by atoms with Gasteiger partial charge in [-0.25, -0.2) is 0 Å². The lowest BCUT2D eigenvalue weighted by atomic mass is 10.0. The number of ether oxygens (including phenoxy) is 1. The number of nitrogens with one attached hydrogen (secondary N) is 1. The third-order valence-corrected chi connectivity index (χ3v) is 4.23. The highest BCUT2D eigenvalue weighted by Crippen LogP contribution is 2.21. The maximum absolute atomic E-state index is 11.9. The molecule has 0 bridgehead atoms. The van der Waals surface area contributed by atoms with Crippen LogP contribution in [0, 0.1) is 6.92 Å². The Hall–Kier alpha value is -1.81. The van der Waals surface area contributed by atoms with Crippen LogP contribution in [0.15, 0.2) is 46.9 Å². The lowest BCUT2D eigenvalue weighted by Crippen LogP contribution is -2.20.